The van der Waals surface area contributed by atoms with Gasteiger partial charge in [0, 0.05) is 36.4 Å². The quantitative estimate of drug-likeness (QED) is 0.893. The molecule has 2 heterocycles. The second-order valence-electron chi connectivity index (χ2n) is 4.17. The summed E-state index contributed by atoms with van der Waals surface area (Å²) in [6.45, 7) is 3.28. The standard InChI is InChI=1S/C12H16FN3OS/c1-9(10-2-3-14-8-11(10)13)15-12(17)16-4-6-18-7-5-16/h2-3,8-9H,4-7H2,1H3,(H,15,17)/t9-/m0/s1. The zero-order valence-corrected chi connectivity index (χ0v) is 11.0. The molecule has 0 radical (unpaired) electrons. The van der Waals surface area contributed by atoms with Crippen LogP contribution in [0.4, 0.5) is 9.18 Å². The third-order valence-corrected chi connectivity index (χ3v) is 3.85. The van der Waals surface area contributed by atoms with E-state index in [9.17, 15) is 9.18 Å². The molecule has 1 aromatic heterocycles. The van der Waals surface area contributed by atoms with Crippen LogP contribution in [0.1, 0.15) is 18.5 Å². The molecule has 0 unspecified atom stereocenters. The van der Waals surface area contributed by atoms with Crippen molar-refractivity contribution in [1.82, 2.24) is 15.2 Å². The summed E-state index contributed by atoms with van der Waals surface area (Å²) < 4.78 is 13.5. The lowest BCUT2D eigenvalue weighted by Gasteiger charge is -2.28. The highest BCUT2D eigenvalue weighted by atomic mass is 32.2. The Morgan fingerprint density at radius 1 is 1.56 bits per heavy atom. The number of carbonyl (C=O) groups is 1. The van der Waals surface area contributed by atoms with Crippen LogP contribution >= 0.6 is 11.8 Å². The van der Waals surface area contributed by atoms with E-state index in [1.54, 1.807) is 17.9 Å². The second kappa shape index (κ2) is 6.04. The molecule has 2 rings (SSSR count). The second-order valence-corrected chi connectivity index (χ2v) is 5.39. The molecule has 4 nitrogen and oxygen atoms in total. The van der Waals surface area contributed by atoms with Crippen molar-refractivity contribution in [2.75, 3.05) is 24.6 Å². The van der Waals surface area contributed by atoms with E-state index in [-0.39, 0.29) is 17.9 Å². The van der Waals surface area contributed by atoms with Gasteiger partial charge in [-0.3, -0.25) is 4.98 Å². The Morgan fingerprint density at radius 3 is 2.94 bits per heavy atom. The summed E-state index contributed by atoms with van der Waals surface area (Å²) in [6.07, 6.45) is 2.69. The van der Waals surface area contributed by atoms with Crippen molar-refractivity contribution in [3.8, 4) is 0 Å². The molecular formula is C12H16FN3OS. The molecule has 0 aliphatic carbocycles. The number of amides is 2. The van der Waals surface area contributed by atoms with E-state index in [1.165, 1.54) is 6.20 Å². The monoisotopic (exact) mass is 269 g/mol. The van der Waals surface area contributed by atoms with Crippen LogP contribution in [0.15, 0.2) is 18.5 Å². The minimum atomic E-state index is -0.389. The maximum absolute atomic E-state index is 13.5. The molecule has 6 heteroatoms. The first-order valence-electron chi connectivity index (χ1n) is 5.91. The molecule has 1 atom stereocenters. The summed E-state index contributed by atoms with van der Waals surface area (Å²) in [5, 5.41) is 2.82. The number of urea groups is 1. The predicted molar refractivity (Wildman–Crippen MR) is 70.0 cm³/mol. The molecule has 18 heavy (non-hydrogen) atoms. The maximum atomic E-state index is 13.5. The van der Waals surface area contributed by atoms with Gasteiger partial charge in [-0.15, -0.1) is 0 Å². The van der Waals surface area contributed by atoms with Gasteiger partial charge in [0.2, 0.25) is 0 Å². The number of nitrogens with zero attached hydrogens (tertiary/aromatic N) is 2. The molecule has 1 aliphatic heterocycles. The number of carbonyl (C=O) groups excluding carboxylic acids is 1. The van der Waals surface area contributed by atoms with Crippen molar-refractivity contribution in [3.63, 3.8) is 0 Å². The van der Waals surface area contributed by atoms with E-state index in [0.29, 0.717) is 5.56 Å². The topological polar surface area (TPSA) is 45.2 Å². The first-order valence-corrected chi connectivity index (χ1v) is 7.06. The molecular weight excluding hydrogens is 253 g/mol. The van der Waals surface area contributed by atoms with Crippen molar-refractivity contribution in [3.05, 3.63) is 29.8 Å². The summed E-state index contributed by atoms with van der Waals surface area (Å²) >= 11 is 1.84. The molecule has 0 saturated carbocycles. The largest absolute Gasteiger partial charge is 0.331 e. The van der Waals surface area contributed by atoms with Crippen LogP contribution in [0.25, 0.3) is 0 Å². The van der Waals surface area contributed by atoms with Gasteiger partial charge < -0.3 is 10.2 Å². The van der Waals surface area contributed by atoms with E-state index in [0.717, 1.165) is 30.8 Å². The lowest BCUT2D eigenvalue weighted by Crippen LogP contribution is -2.45. The Balaban J connectivity index is 1.96. The van der Waals surface area contributed by atoms with Gasteiger partial charge in [0.05, 0.1) is 12.2 Å². The number of thioether (sulfide) groups is 1. The Bertz CT molecular complexity index is 424. The van der Waals surface area contributed by atoms with Crippen molar-refractivity contribution in [1.29, 1.82) is 0 Å². The van der Waals surface area contributed by atoms with Crippen LogP contribution in [0.5, 0.6) is 0 Å². The molecule has 1 fully saturated rings. The highest BCUT2D eigenvalue weighted by Crippen LogP contribution is 2.16. The highest BCUT2D eigenvalue weighted by molar-refractivity contribution is 7.99. The minimum Gasteiger partial charge on any atom is -0.331 e. The van der Waals surface area contributed by atoms with E-state index in [4.69, 9.17) is 0 Å². The number of hydrogen-bond donors (Lipinski definition) is 1. The third-order valence-electron chi connectivity index (χ3n) is 2.91. The average Bonchev–Trinajstić information content (AvgIpc) is 2.40. The number of hydrogen-bond acceptors (Lipinski definition) is 3. The minimum absolute atomic E-state index is 0.126. The Morgan fingerprint density at radius 2 is 2.28 bits per heavy atom. The van der Waals surface area contributed by atoms with Crippen LogP contribution in [-0.2, 0) is 0 Å². The molecule has 1 N–H and O–H groups in total. The fourth-order valence-corrected chi connectivity index (χ4v) is 2.76. The van der Waals surface area contributed by atoms with E-state index >= 15 is 0 Å². The molecule has 0 spiro atoms. The van der Waals surface area contributed by atoms with Crippen LogP contribution in [0.2, 0.25) is 0 Å². The molecule has 1 saturated heterocycles. The SMILES string of the molecule is C[C@H](NC(=O)N1CCSCC1)c1ccncc1F. The van der Waals surface area contributed by atoms with Crippen molar-refractivity contribution in [2.24, 2.45) is 0 Å². The smallest absolute Gasteiger partial charge is 0.317 e. The van der Waals surface area contributed by atoms with E-state index in [2.05, 4.69) is 10.3 Å². The molecule has 1 aromatic rings. The highest BCUT2D eigenvalue weighted by Gasteiger charge is 2.19. The normalized spacial score (nSPS) is 17.3. The molecule has 0 aromatic carbocycles. The van der Waals surface area contributed by atoms with Crippen molar-refractivity contribution < 1.29 is 9.18 Å². The number of aromatic nitrogens is 1. The summed E-state index contributed by atoms with van der Waals surface area (Å²) in [7, 11) is 0. The van der Waals surface area contributed by atoms with Gasteiger partial charge in [0.25, 0.3) is 0 Å². The molecule has 98 valence electrons. The predicted octanol–water partition coefficient (Wildman–Crippen LogP) is 2.04. The van der Waals surface area contributed by atoms with Crippen molar-refractivity contribution in [2.45, 2.75) is 13.0 Å². The lowest BCUT2D eigenvalue weighted by atomic mass is 10.1. The Labute approximate surface area is 110 Å². The van der Waals surface area contributed by atoms with Crippen LogP contribution < -0.4 is 5.32 Å². The number of halogens is 1. The fraction of sp³-hybridized carbons (Fsp3) is 0.500. The number of rotatable bonds is 2. The maximum Gasteiger partial charge on any atom is 0.317 e. The van der Waals surface area contributed by atoms with Gasteiger partial charge in [0.15, 0.2) is 0 Å². The Kier molecular flexibility index (Phi) is 4.41. The van der Waals surface area contributed by atoms with Gasteiger partial charge >= 0.3 is 6.03 Å². The van der Waals surface area contributed by atoms with Crippen LogP contribution in [0.3, 0.4) is 0 Å². The third kappa shape index (κ3) is 3.13. The van der Waals surface area contributed by atoms with Crippen LogP contribution in [0, 0.1) is 5.82 Å². The fourth-order valence-electron chi connectivity index (χ4n) is 1.86. The number of nitrogens with one attached hydrogen (secondary N) is 1. The molecule has 0 bridgehead atoms. The van der Waals surface area contributed by atoms with Gasteiger partial charge in [-0.1, -0.05) is 0 Å². The lowest BCUT2D eigenvalue weighted by molar-refractivity contribution is 0.199. The summed E-state index contributed by atoms with van der Waals surface area (Å²) in [6, 6.07) is 1.11. The van der Waals surface area contributed by atoms with E-state index in [1.807, 2.05) is 11.8 Å². The Hall–Kier alpha value is -1.30. The van der Waals surface area contributed by atoms with Gasteiger partial charge in [-0.25, -0.2) is 9.18 Å². The zero-order chi connectivity index (χ0) is 13.0. The zero-order valence-electron chi connectivity index (χ0n) is 10.2. The van der Waals surface area contributed by atoms with Crippen molar-refractivity contribution >= 4 is 17.8 Å². The van der Waals surface area contributed by atoms with Crippen LogP contribution in [-0.4, -0.2) is 40.5 Å². The average molecular weight is 269 g/mol. The summed E-state index contributed by atoms with van der Waals surface area (Å²) in [5.41, 5.74) is 0.463. The first-order chi connectivity index (χ1) is 8.68. The van der Waals surface area contributed by atoms with Gasteiger partial charge in [-0.2, -0.15) is 11.8 Å². The van der Waals surface area contributed by atoms with Gasteiger partial charge in [0.1, 0.15) is 5.82 Å². The first kappa shape index (κ1) is 13.1. The molecule has 1 aliphatic rings. The molecule has 2 amide bonds. The van der Waals surface area contributed by atoms with E-state index < -0.39 is 0 Å². The summed E-state index contributed by atoms with van der Waals surface area (Å²) in [4.78, 5) is 17.4. The van der Waals surface area contributed by atoms with Gasteiger partial charge in [-0.05, 0) is 13.0 Å². The summed E-state index contributed by atoms with van der Waals surface area (Å²) in [5.74, 6) is 1.54. The number of pyridine rings is 1.